The molecule has 0 rings (SSSR count). The Morgan fingerprint density at radius 3 is 2.56 bits per heavy atom. The fourth-order valence-corrected chi connectivity index (χ4v) is 1.09. The summed E-state index contributed by atoms with van der Waals surface area (Å²) >= 11 is 2.22. The second-order valence-electron chi connectivity index (χ2n) is 1.82. The van der Waals surface area contributed by atoms with E-state index in [0.717, 1.165) is 23.1 Å². The average molecular weight is 157 g/mol. The second kappa shape index (κ2) is 5.30. The Kier molecular flexibility index (Phi) is 5.59. The highest BCUT2D eigenvalue weighted by Crippen LogP contribution is 2.11. The summed E-state index contributed by atoms with van der Waals surface area (Å²) in [5.74, 6) is 1.72. The molecule has 0 saturated heterocycles. The lowest BCUT2D eigenvalue weighted by Crippen LogP contribution is -2.02. The SMILES string of the molecule is [B]S[B]SC(=O)C(C)C. The average Bonchev–Trinajstić information content (AvgIpc) is 1.82. The van der Waals surface area contributed by atoms with Crippen molar-refractivity contribution in [1.82, 2.24) is 0 Å². The molecule has 3 radical (unpaired) electrons. The lowest BCUT2D eigenvalue weighted by molar-refractivity contribution is -0.113. The fraction of sp³-hybridized carbons (Fsp3) is 0.750. The van der Waals surface area contributed by atoms with Gasteiger partial charge in [-0.15, -0.1) is 11.6 Å². The Morgan fingerprint density at radius 2 is 2.22 bits per heavy atom. The standard InChI is InChI=1S/C4H7B2OS2/c1-3(2)4(7)8-6-9-5/h3H,1-2H3. The van der Waals surface area contributed by atoms with Gasteiger partial charge in [0.15, 0.2) is 5.12 Å². The number of hydrogen-bond donors (Lipinski definition) is 0. The predicted octanol–water partition coefficient (Wildman–Crippen LogP) is 1.25. The summed E-state index contributed by atoms with van der Waals surface area (Å²) in [5.41, 5.74) is 0. The van der Waals surface area contributed by atoms with Crippen molar-refractivity contribution in [3.8, 4) is 0 Å². The van der Waals surface area contributed by atoms with Gasteiger partial charge in [0.1, 0.15) is 7.12 Å². The van der Waals surface area contributed by atoms with Crippen molar-refractivity contribution in [2.75, 3.05) is 0 Å². The summed E-state index contributed by atoms with van der Waals surface area (Å²) in [5, 5.41) is 0.160. The Hall–Kier alpha value is 0.500. The third-order valence-corrected chi connectivity index (χ3v) is 2.22. The van der Waals surface area contributed by atoms with Crippen molar-refractivity contribution in [2.45, 2.75) is 13.8 Å². The van der Waals surface area contributed by atoms with E-state index in [-0.39, 0.29) is 11.0 Å². The Balaban J connectivity index is 3.28. The van der Waals surface area contributed by atoms with Crippen molar-refractivity contribution >= 4 is 41.2 Å². The smallest absolute Gasteiger partial charge is 0.264 e. The van der Waals surface area contributed by atoms with Gasteiger partial charge in [-0.05, 0) is 0 Å². The first-order chi connectivity index (χ1) is 4.18. The molecule has 1 nitrogen and oxygen atoms in total. The summed E-state index contributed by atoms with van der Waals surface area (Å²) in [4.78, 5) is 10.8. The molecule has 0 aliphatic rings. The van der Waals surface area contributed by atoms with Crippen LogP contribution in [0.15, 0.2) is 0 Å². The van der Waals surface area contributed by atoms with Crippen LogP contribution in [-0.4, -0.2) is 18.1 Å². The van der Waals surface area contributed by atoms with Crippen LogP contribution in [0.25, 0.3) is 0 Å². The lowest BCUT2D eigenvalue weighted by Gasteiger charge is -1.99. The van der Waals surface area contributed by atoms with Crippen LogP contribution in [0.3, 0.4) is 0 Å². The van der Waals surface area contributed by atoms with Crippen LogP contribution in [0.2, 0.25) is 0 Å². The molecule has 0 heterocycles. The molecule has 0 aromatic heterocycles. The molecule has 5 heteroatoms. The Morgan fingerprint density at radius 1 is 1.67 bits per heavy atom. The molecule has 0 aliphatic heterocycles. The number of carbonyl (C=O) groups excluding carboxylic acids is 1. The topological polar surface area (TPSA) is 17.1 Å². The van der Waals surface area contributed by atoms with E-state index in [1.165, 1.54) is 0 Å². The molecule has 0 amide bonds. The van der Waals surface area contributed by atoms with E-state index in [1.807, 2.05) is 13.8 Å². The number of carbonyl (C=O) groups is 1. The maximum Gasteiger partial charge on any atom is 0.264 e. The third-order valence-electron chi connectivity index (χ3n) is 0.691. The number of hydrogen-bond acceptors (Lipinski definition) is 3. The molecular formula is C4H7B2OS2. The summed E-state index contributed by atoms with van der Waals surface area (Å²) in [7, 11) is 5.07. The second-order valence-corrected chi connectivity index (χ2v) is 3.50. The van der Waals surface area contributed by atoms with Crippen molar-refractivity contribution in [3.63, 3.8) is 0 Å². The maximum atomic E-state index is 10.8. The summed E-state index contributed by atoms with van der Waals surface area (Å²) in [6, 6.07) is 0. The molecule has 0 saturated carbocycles. The molecule has 47 valence electrons. The van der Waals surface area contributed by atoms with Gasteiger partial charge < -0.3 is 0 Å². The van der Waals surface area contributed by atoms with Gasteiger partial charge in [-0.1, -0.05) is 13.8 Å². The largest absolute Gasteiger partial charge is 0.288 e. The quantitative estimate of drug-likeness (QED) is 0.573. The fourth-order valence-electron chi connectivity index (χ4n) is 0.211. The molecule has 0 aliphatic carbocycles. The van der Waals surface area contributed by atoms with E-state index < -0.39 is 0 Å². The first kappa shape index (κ1) is 9.50. The normalized spacial score (nSPS) is 9.67. The van der Waals surface area contributed by atoms with Gasteiger partial charge in [-0.3, -0.25) is 16.3 Å². The van der Waals surface area contributed by atoms with Gasteiger partial charge in [0.25, 0.3) is 5.84 Å². The van der Waals surface area contributed by atoms with Gasteiger partial charge in [-0.2, -0.15) is 0 Å². The van der Waals surface area contributed by atoms with Crippen LogP contribution >= 0.6 is 23.1 Å². The van der Waals surface area contributed by atoms with Crippen molar-refractivity contribution in [1.29, 1.82) is 0 Å². The van der Waals surface area contributed by atoms with Crippen molar-refractivity contribution in [3.05, 3.63) is 0 Å². The van der Waals surface area contributed by atoms with E-state index in [4.69, 9.17) is 7.12 Å². The van der Waals surface area contributed by atoms with Gasteiger partial charge in [0, 0.05) is 5.92 Å². The predicted molar refractivity (Wildman–Crippen MR) is 46.5 cm³/mol. The van der Waals surface area contributed by atoms with Crippen LogP contribution in [0.5, 0.6) is 0 Å². The van der Waals surface area contributed by atoms with E-state index in [9.17, 15) is 4.79 Å². The molecule has 0 bridgehead atoms. The zero-order chi connectivity index (χ0) is 7.28. The minimum Gasteiger partial charge on any atom is -0.288 e. The van der Waals surface area contributed by atoms with Crippen LogP contribution in [0.1, 0.15) is 13.8 Å². The third kappa shape index (κ3) is 4.97. The maximum absolute atomic E-state index is 10.8. The lowest BCUT2D eigenvalue weighted by atomic mass is 10.3. The van der Waals surface area contributed by atoms with Crippen LogP contribution in [-0.2, 0) is 4.79 Å². The number of rotatable bonds is 3. The minimum atomic E-state index is 0.0957. The van der Waals surface area contributed by atoms with Crippen LogP contribution in [0, 0.1) is 5.92 Å². The van der Waals surface area contributed by atoms with Gasteiger partial charge in [0.05, 0.1) is 0 Å². The molecular weight excluding hydrogens is 150 g/mol. The van der Waals surface area contributed by atoms with E-state index >= 15 is 0 Å². The van der Waals surface area contributed by atoms with E-state index in [2.05, 4.69) is 0 Å². The van der Waals surface area contributed by atoms with Crippen LogP contribution < -0.4 is 0 Å². The zero-order valence-electron chi connectivity index (χ0n) is 5.46. The highest BCUT2D eigenvalue weighted by Gasteiger charge is 2.06. The Labute approximate surface area is 66.1 Å². The molecule has 0 spiro atoms. The molecule has 9 heavy (non-hydrogen) atoms. The summed E-state index contributed by atoms with van der Waals surface area (Å²) < 4.78 is 0. The first-order valence-corrected chi connectivity index (χ1v) is 4.38. The highest BCUT2D eigenvalue weighted by atomic mass is 32.2. The molecule has 0 unspecified atom stereocenters. The van der Waals surface area contributed by atoms with Gasteiger partial charge in [0.2, 0.25) is 0 Å². The van der Waals surface area contributed by atoms with Crippen LogP contribution in [0.4, 0.5) is 0 Å². The molecule has 0 aromatic carbocycles. The van der Waals surface area contributed by atoms with Gasteiger partial charge in [-0.25, -0.2) is 0 Å². The summed E-state index contributed by atoms with van der Waals surface area (Å²) in [6.07, 6.45) is 0. The van der Waals surface area contributed by atoms with E-state index in [1.54, 1.807) is 5.84 Å². The zero-order valence-corrected chi connectivity index (χ0v) is 7.09. The van der Waals surface area contributed by atoms with Crippen molar-refractivity contribution < 1.29 is 4.79 Å². The van der Waals surface area contributed by atoms with E-state index in [0.29, 0.717) is 0 Å². The summed E-state index contributed by atoms with van der Waals surface area (Å²) in [6.45, 7) is 3.73. The van der Waals surface area contributed by atoms with Crippen molar-refractivity contribution in [2.24, 2.45) is 5.92 Å². The minimum absolute atomic E-state index is 0.0957. The van der Waals surface area contributed by atoms with Gasteiger partial charge >= 0.3 is 0 Å². The molecule has 0 atom stereocenters. The first-order valence-electron chi connectivity index (χ1n) is 2.56. The Bertz CT molecular complexity index is 96.6. The molecule has 0 fully saturated rings. The molecule has 0 aromatic rings. The monoisotopic (exact) mass is 157 g/mol. The highest BCUT2D eigenvalue weighted by molar-refractivity contribution is 8.62. The molecule has 0 N–H and O–H groups in total.